The Morgan fingerprint density at radius 2 is 1.18 bits per heavy atom. The molecule has 6 nitrogen and oxygen atoms in total. The maximum absolute atomic E-state index is 6.83. The minimum atomic E-state index is -0.430. The molecule has 3 aromatic heterocycles. The molecule has 2 unspecified atom stereocenters. The Labute approximate surface area is 292 Å². The Morgan fingerprint density at radius 1 is 0.529 bits per heavy atom. The van der Waals surface area contributed by atoms with Gasteiger partial charge in [-0.05, 0) is 48.0 Å². The molecule has 0 bridgehead atoms. The quantitative estimate of drug-likeness (QED) is 0.198. The Kier molecular flexibility index (Phi) is 6.05. The summed E-state index contributed by atoms with van der Waals surface area (Å²) in [5.41, 5.74) is 9.50. The second-order valence-electron chi connectivity index (χ2n) is 13.2. The number of fused-ring (bicyclic) bond motifs is 11. The first-order chi connectivity index (χ1) is 25.3. The van der Waals surface area contributed by atoms with Crippen molar-refractivity contribution >= 4 is 71.4 Å². The van der Waals surface area contributed by atoms with Crippen molar-refractivity contribution in [1.29, 1.82) is 0 Å². The van der Waals surface area contributed by atoms with Gasteiger partial charge >= 0.3 is 0 Å². The van der Waals surface area contributed by atoms with Gasteiger partial charge in [-0.1, -0.05) is 121 Å². The van der Waals surface area contributed by atoms with Crippen molar-refractivity contribution in [3.05, 3.63) is 175 Å². The van der Waals surface area contributed by atoms with E-state index in [0.29, 0.717) is 0 Å². The SMILES string of the molecule is c1ccc(C2=NC(n3c4ccc5c6ccccc6oc5c4c4c5c(ccc43)c3ccccc3n5-c3ccccc3)NC(c3ccccc3)N2)cc1. The summed E-state index contributed by atoms with van der Waals surface area (Å²) in [6, 6.07) is 57.6. The van der Waals surface area contributed by atoms with Gasteiger partial charge in [0.25, 0.3) is 0 Å². The van der Waals surface area contributed by atoms with Gasteiger partial charge in [0.1, 0.15) is 23.2 Å². The number of rotatable bonds is 4. The number of hydrogen-bond acceptors (Lipinski definition) is 4. The second kappa shape index (κ2) is 10.9. The van der Waals surface area contributed by atoms with E-state index in [-0.39, 0.29) is 6.17 Å². The Bertz CT molecular complexity index is 2970. The fourth-order valence-corrected chi connectivity index (χ4v) is 8.19. The van der Waals surface area contributed by atoms with Crippen LogP contribution in [0.4, 0.5) is 0 Å². The minimum Gasteiger partial charge on any atom is -0.455 e. The zero-order valence-corrected chi connectivity index (χ0v) is 27.5. The lowest BCUT2D eigenvalue weighted by atomic mass is 10.1. The third kappa shape index (κ3) is 4.17. The molecule has 1 aliphatic rings. The standard InChI is InChI=1S/C45H31N5O/c1-4-14-28(15-5-1)43-46-44(29-16-6-2-7-17-29)48-45(47-43)50-36-26-24-33-31-20-10-12-22-35(31)49(30-18-8-3-9-19-30)41(33)39(36)40-37(50)27-25-34-32-21-11-13-23-38(32)51-42(34)40/h1-27,43,45,47H,(H,46,48). The highest BCUT2D eigenvalue weighted by molar-refractivity contribution is 6.31. The maximum Gasteiger partial charge on any atom is 0.184 e. The van der Waals surface area contributed by atoms with Crippen LogP contribution in [0.25, 0.3) is 71.2 Å². The molecule has 242 valence electrons. The fraction of sp³-hybridized carbons (Fsp3) is 0.0444. The summed E-state index contributed by atoms with van der Waals surface area (Å²) in [7, 11) is 0. The summed E-state index contributed by atoms with van der Waals surface area (Å²) in [5, 5.41) is 14.4. The molecule has 0 fully saturated rings. The monoisotopic (exact) mass is 657 g/mol. The molecule has 4 heterocycles. The Hall–Kier alpha value is -6.63. The van der Waals surface area contributed by atoms with E-state index in [1.807, 2.05) is 12.1 Å². The predicted octanol–water partition coefficient (Wildman–Crippen LogP) is 10.6. The van der Waals surface area contributed by atoms with Crippen LogP contribution in [-0.2, 0) is 0 Å². The van der Waals surface area contributed by atoms with E-state index >= 15 is 0 Å². The zero-order valence-electron chi connectivity index (χ0n) is 27.5. The van der Waals surface area contributed by atoms with Gasteiger partial charge in [0.05, 0.1) is 27.5 Å². The highest BCUT2D eigenvalue weighted by Crippen LogP contribution is 2.46. The number of hydrogen-bond donors (Lipinski definition) is 2. The molecule has 7 aromatic carbocycles. The van der Waals surface area contributed by atoms with E-state index < -0.39 is 6.29 Å². The number of benzene rings is 7. The second-order valence-corrected chi connectivity index (χ2v) is 13.2. The van der Waals surface area contributed by atoms with Crippen LogP contribution in [0.15, 0.2) is 173 Å². The van der Waals surface area contributed by atoms with Crippen LogP contribution in [0.1, 0.15) is 23.6 Å². The van der Waals surface area contributed by atoms with Crippen molar-refractivity contribution in [1.82, 2.24) is 19.8 Å². The van der Waals surface area contributed by atoms with Crippen molar-refractivity contribution < 1.29 is 4.42 Å². The first-order valence-corrected chi connectivity index (χ1v) is 17.4. The van der Waals surface area contributed by atoms with Gasteiger partial charge in [-0.15, -0.1) is 0 Å². The average Bonchev–Trinajstić information content (AvgIpc) is 3.86. The molecule has 6 heteroatoms. The first kappa shape index (κ1) is 28.2. The molecule has 0 spiro atoms. The fourth-order valence-electron chi connectivity index (χ4n) is 8.19. The van der Waals surface area contributed by atoms with E-state index in [4.69, 9.17) is 9.41 Å². The molecule has 11 rings (SSSR count). The molecule has 0 aliphatic carbocycles. The van der Waals surface area contributed by atoms with E-state index in [9.17, 15) is 0 Å². The summed E-state index contributed by atoms with van der Waals surface area (Å²) in [4.78, 5) is 5.42. The maximum atomic E-state index is 6.83. The molecule has 0 saturated carbocycles. The number of aliphatic imine (C=N–C) groups is 1. The summed E-state index contributed by atoms with van der Waals surface area (Å²) in [6.07, 6.45) is -0.605. The van der Waals surface area contributed by atoms with Crippen LogP contribution in [0.5, 0.6) is 0 Å². The minimum absolute atomic E-state index is 0.175. The summed E-state index contributed by atoms with van der Waals surface area (Å²) < 4.78 is 11.6. The summed E-state index contributed by atoms with van der Waals surface area (Å²) >= 11 is 0. The lowest BCUT2D eigenvalue weighted by Crippen LogP contribution is -2.46. The van der Waals surface area contributed by atoms with Crippen molar-refractivity contribution in [2.24, 2.45) is 4.99 Å². The largest absolute Gasteiger partial charge is 0.455 e. The molecule has 2 atom stereocenters. The van der Waals surface area contributed by atoms with E-state index in [0.717, 1.165) is 77.4 Å². The molecule has 1 aliphatic heterocycles. The van der Waals surface area contributed by atoms with Crippen LogP contribution in [0.2, 0.25) is 0 Å². The molecule has 2 N–H and O–H groups in total. The van der Waals surface area contributed by atoms with Gasteiger partial charge in [0, 0.05) is 38.2 Å². The third-order valence-electron chi connectivity index (χ3n) is 10.4. The van der Waals surface area contributed by atoms with Gasteiger partial charge in [0.2, 0.25) is 0 Å². The molecule has 51 heavy (non-hydrogen) atoms. The normalized spacial score (nSPS) is 16.4. The predicted molar refractivity (Wildman–Crippen MR) is 209 cm³/mol. The van der Waals surface area contributed by atoms with E-state index in [2.05, 4.69) is 171 Å². The number of aromatic nitrogens is 2. The van der Waals surface area contributed by atoms with Crippen LogP contribution in [-0.4, -0.2) is 15.0 Å². The van der Waals surface area contributed by atoms with Crippen molar-refractivity contribution in [3.8, 4) is 5.69 Å². The number of para-hydroxylation sites is 3. The highest BCUT2D eigenvalue weighted by Gasteiger charge is 2.30. The zero-order chi connectivity index (χ0) is 33.5. The third-order valence-corrected chi connectivity index (χ3v) is 10.4. The molecule has 10 aromatic rings. The number of nitrogens with one attached hydrogen (secondary N) is 2. The smallest absolute Gasteiger partial charge is 0.184 e. The summed E-state index contributed by atoms with van der Waals surface area (Å²) in [6.45, 7) is 0. The topological polar surface area (TPSA) is 59.4 Å². The lowest BCUT2D eigenvalue weighted by Gasteiger charge is -2.33. The molecular formula is C45H31N5O. The van der Waals surface area contributed by atoms with Gasteiger partial charge in [-0.2, -0.15) is 0 Å². The van der Waals surface area contributed by atoms with Gasteiger partial charge < -0.3 is 18.9 Å². The van der Waals surface area contributed by atoms with E-state index in [1.54, 1.807) is 0 Å². The average molecular weight is 658 g/mol. The van der Waals surface area contributed by atoms with Gasteiger partial charge in [-0.25, -0.2) is 4.99 Å². The van der Waals surface area contributed by atoms with Crippen LogP contribution >= 0.6 is 0 Å². The lowest BCUT2D eigenvalue weighted by molar-refractivity contribution is 0.341. The van der Waals surface area contributed by atoms with Gasteiger partial charge in [0.15, 0.2) is 6.29 Å². The first-order valence-electron chi connectivity index (χ1n) is 17.4. The molecular weight excluding hydrogens is 627 g/mol. The van der Waals surface area contributed by atoms with Crippen LogP contribution < -0.4 is 10.6 Å². The van der Waals surface area contributed by atoms with Crippen molar-refractivity contribution in [2.75, 3.05) is 0 Å². The molecule has 0 amide bonds. The summed E-state index contributed by atoms with van der Waals surface area (Å²) in [5.74, 6) is 0.840. The number of amidine groups is 1. The van der Waals surface area contributed by atoms with Crippen LogP contribution in [0, 0.1) is 0 Å². The molecule has 0 radical (unpaired) electrons. The highest BCUT2D eigenvalue weighted by atomic mass is 16.3. The molecule has 0 saturated heterocycles. The number of nitrogens with zero attached hydrogens (tertiary/aromatic N) is 3. The Balaban J connectivity index is 1.30. The number of furan rings is 1. The van der Waals surface area contributed by atoms with Crippen molar-refractivity contribution in [3.63, 3.8) is 0 Å². The van der Waals surface area contributed by atoms with E-state index in [1.165, 1.54) is 10.8 Å². The van der Waals surface area contributed by atoms with Gasteiger partial charge in [-0.3, -0.25) is 5.32 Å². The van der Waals surface area contributed by atoms with Crippen molar-refractivity contribution in [2.45, 2.75) is 12.5 Å². The van der Waals surface area contributed by atoms with Crippen LogP contribution in [0.3, 0.4) is 0 Å². The Morgan fingerprint density at radius 3 is 1.98 bits per heavy atom.